The van der Waals surface area contributed by atoms with Crippen LogP contribution < -0.4 is 0 Å². The summed E-state index contributed by atoms with van der Waals surface area (Å²) in [4.78, 5) is 11.6. The quantitative estimate of drug-likeness (QED) is 0.408. The highest BCUT2D eigenvalue weighted by molar-refractivity contribution is 6.30. The van der Waals surface area contributed by atoms with E-state index < -0.39 is 0 Å². The van der Waals surface area contributed by atoms with E-state index in [2.05, 4.69) is 18.4 Å². The first-order chi connectivity index (χ1) is 8.11. The normalized spacial score (nSPS) is 10.8. The van der Waals surface area contributed by atoms with Crippen molar-refractivity contribution in [1.82, 2.24) is 4.57 Å². The Labute approximate surface area is 109 Å². The lowest BCUT2D eigenvalue weighted by Gasteiger charge is -2.09. The number of aromatic nitrogens is 1. The van der Waals surface area contributed by atoms with E-state index in [1.165, 1.54) is 25.7 Å². The predicted molar refractivity (Wildman–Crippen MR) is 73.1 cm³/mol. The summed E-state index contributed by atoms with van der Waals surface area (Å²) in [5, 5.41) is 0. The third kappa shape index (κ3) is 3.60. The average molecular weight is 256 g/mol. The minimum atomic E-state index is 0.0274. The number of alkyl halides is 1. The van der Waals surface area contributed by atoms with E-state index in [-0.39, 0.29) is 11.7 Å². The van der Waals surface area contributed by atoms with E-state index in [1.807, 2.05) is 13.0 Å². The van der Waals surface area contributed by atoms with Crippen molar-refractivity contribution in [3.05, 3.63) is 23.0 Å². The summed E-state index contributed by atoms with van der Waals surface area (Å²) in [7, 11) is 0. The number of hydrogen-bond acceptors (Lipinski definition) is 1. The molecule has 0 N–H and O–H groups in total. The Bertz CT molecular complexity index is 382. The van der Waals surface area contributed by atoms with Crippen LogP contribution in [0, 0.1) is 13.8 Å². The van der Waals surface area contributed by atoms with E-state index in [0.717, 1.165) is 23.5 Å². The van der Waals surface area contributed by atoms with E-state index in [4.69, 9.17) is 11.6 Å². The van der Waals surface area contributed by atoms with Crippen LogP contribution in [0.15, 0.2) is 6.07 Å². The highest BCUT2D eigenvalue weighted by Crippen LogP contribution is 2.17. The molecule has 3 heteroatoms. The van der Waals surface area contributed by atoms with Gasteiger partial charge in [-0.15, -0.1) is 11.6 Å². The predicted octanol–water partition coefficient (Wildman–Crippen LogP) is 4.11. The zero-order valence-corrected chi connectivity index (χ0v) is 11.8. The lowest BCUT2D eigenvalue weighted by Crippen LogP contribution is -2.06. The number of Topliss-reactive ketones (excluding diaryl/α,β-unsaturated/α-hetero) is 1. The van der Waals surface area contributed by atoms with Crippen molar-refractivity contribution in [3.8, 4) is 0 Å². The maximum absolute atomic E-state index is 11.6. The molecule has 1 heterocycles. The first-order valence-corrected chi connectivity index (χ1v) is 6.91. The fourth-order valence-electron chi connectivity index (χ4n) is 2.20. The molecule has 1 aromatic rings. The molecule has 0 atom stereocenters. The zero-order valence-electron chi connectivity index (χ0n) is 11.1. The van der Waals surface area contributed by atoms with Crippen LogP contribution in [0.4, 0.5) is 0 Å². The standard InChI is InChI=1S/C14H22ClNO/c1-4-5-6-7-8-16-11(2)9-13(12(16)3)14(17)10-15/h9H,4-8,10H2,1-3H3. The number of unbranched alkanes of at least 4 members (excludes halogenated alkanes) is 3. The molecule has 0 aliphatic heterocycles. The monoisotopic (exact) mass is 255 g/mol. The summed E-state index contributed by atoms with van der Waals surface area (Å²) in [6.45, 7) is 7.28. The molecular weight excluding hydrogens is 234 g/mol. The molecule has 0 spiro atoms. The summed E-state index contributed by atoms with van der Waals surface area (Å²) in [6.07, 6.45) is 4.97. The number of ketones is 1. The van der Waals surface area contributed by atoms with Crippen molar-refractivity contribution in [2.75, 3.05) is 5.88 Å². The summed E-state index contributed by atoms with van der Waals surface area (Å²) in [5.41, 5.74) is 3.00. The third-order valence-corrected chi connectivity index (χ3v) is 3.47. The van der Waals surface area contributed by atoms with Gasteiger partial charge in [0, 0.05) is 23.5 Å². The Hall–Kier alpha value is -0.760. The van der Waals surface area contributed by atoms with Crippen LogP contribution in [-0.4, -0.2) is 16.2 Å². The summed E-state index contributed by atoms with van der Waals surface area (Å²) in [5.74, 6) is 0.0970. The Morgan fingerprint density at radius 1 is 1.29 bits per heavy atom. The van der Waals surface area contributed by atoms with Crippen LogP contribution in [-0.2, 0) is 6.54 Å². The summed E-state index contributed by atoms with van der Waals surface area (Å²) >= 11 is 5.61. The molecule has 0 aliphatic rings. The zero-order chi connectivity index (χ0) is 12.8. The summed E-state index contributed by atoms with van der Waals surface area (Å²) in [6, 6.07) is 1.96. The van der Waals surface area contributed by atoms with E-state index in [9.17, 15) is 4.79 Å². The number of halogens is 1. The van der Waals surface area contributed by atoms with Gasteiger partial charge in [0.15, 0.2) is 5.78 Å². The molecule has 0 saturated carbocycles. The molecule has 96 valence electrons. The van der Waals surface area contributed by atoms with Gasteiger partial charge < -0.3 is 4.57 Å². The molecule has 0 aliphatic carbocycles. The van der Waals surface area contributed by atoms with Crippen LogP contribution in [0.5, 0.6) is 0 Å². The van der Waals surface area contributed by atoms with Crippen LogP contribution >= 0.6 is 11.6 Å². The van der Waals surface area contributed by atoms with Gasteiger partial charge in [0.25, 0.3) is 0 Å². The largest absolute Gasteiger partial charge is 0.348 e. The molecule has 1 rings (SSSR count). The van der Waals surface area contributed by atoms with Gasteiger partial charge in [-0.05, 0) is 26.3 Å². The molecule has 0 aromatic carbocycles. The molecule has 0 amide bonds. The molecule has 0 unspecified atom stereocenters. The van der Waals surface area contributed by atoms with Gasteiger partial charge in [-0.25, -0.2) is 0 Å². The molecule has 0 bridgehead atoms. The van der Waals surface area contributed by atoms with Crippen molar-refractivity contribution >= 4 is 17.4 Å². The van der Waals surface area contributed by atoms with Crippen molar-refractivity contribution in [3.63, 3.8) is 0 Å². The molecule has 0 saturated heterocycles. The highest BCUT2D eigenvalue weighted by Gasteiger charge is 2.14. The molecule has 1 aromatic heterocycles. The molecule has 17 heavy (non-hydrogen) atoms. The maximum atomic E-state index is 11.6. The van der Waals surface area contributed by atoms with Gasteiger partial charge >= 0.3 is 0 Å². The fourth-order valence-corrected chi connectivity index (χ4v) is 2.34. The van der Waals surface area contributed by atoms with Crippen LogP contribution in [0.2, 0.25) is 0 Å². The highest BCUT2D eigenvalue weighted by atomic mass is 35.5. The lowest BCUT2D eigenvalue weighted by molar-refractivity contribution is 0.102. The molecule has 0 fully saturated rings. The molecule has 0 radical (unpaired) electrons. The number of nitrogens with zero attached hydrogens (tertiary/aromatic N) is 1. The van der Waals surface area contributed by atoms with E-state index in [1.54, 1.807) is 0 Å². The smallest absolute Gasteiger partial charge is 0.179 e. The Kier molecular flexibility index (Phi) is 5.76. The van der Waals surface area contributed by atoms with Crippen molar-refractivity contribution in [2.45, 2.75) is 53.0 Å². The van der Waals surface area contributed by atoms with E-state index >= 15 is 0 Å². The average Bonchev–Trinajstić information content (AvgIpc) is 2.60. The van der Waals surface area contributed by atoms with Gasteiger partial charge in [0.2, 0.25) is 0 Å². The second-order valence-electron chi connectivity index (χ2n) is 4.55. The minimum Gasteiger partial charge on any atom is -0.348 e. The Balaban J connectivity index is 2.72. The second-order valence-corrected chi connectivity index (χ2v) is 4.82. The number of hydrogen-bond donors (Lipinski definition) is 0. The van der Waals surface area contributed by atoms with Gasteiger partial charge in [-0.2, -0.15) is 0 Å². The Morgan fingerprint density at radius 3 is 2.59 bits per heavy atom. The molecule has 2 nitrogen and oxygen atoms in total. The van der Waals surface area contributed by atoms with Gasteiger partial charge in [0.05, 0.1) is 5.88 Å². The van der Waals surface area contributed by atoms with Crippen molar-refractivity contribution in [2.24, 2.45) is 0 Å². The maximum Gasteiger partial charge on any atom is 0.179 e. The summed E-state index contributed by atoms with van der Waals surface area (Å²) < 4.78 is 2.23. The molecular formula is C14H22ClNO. The second kappa shape index (κ2) is 6.85. The van der Waals surface area contributed by atoms with Gasteiger partial charge in [-0.1, -0.05) is 26.2 Å². The Morgan fingerprint density at radius 2 is 2.00 bits per heavy atom. The van der Waals surface area contributed by atoms with E-state index in [0.29, 0.717) is 0 Å². The van der Waals surface area contributed by atoms with Gasteiger partial charge in [-0.3, -0.25) is 4.79 Å². The topological polar surface area (TPSA) is 22.0 Å². The number of carbonyl (C=O) groups excluding carboxylic acids is 1. The van der Waals surface area contributed by atoms with Crippen LogP contribution in [0.25, 0.3) is 0 Å². The van der Waals surface area contributed by atoms with Crippen LogP contribution in [0.3, 0.4) is 0 Å². The van der Waals surface area contributed by atoms with Crippen molar-refractivity contribution < 1.29 is 4.79 Å². The first-order valence-electron chi connectivity index (χ1n) is 6.37. The third-order valence-electron chi connectivity index (χ3n) is 3.23. The first kappa shape index (κ1) is 14.3. The SMILES string of the molecule is CCCCCCn1c(C)cc(C(=O)CCl)c1C. The van der Waals surface area contributed by atoms with Crippen LogP contribution in [0.1, 0.15) is 54.4 Å². The number of aryl methyl sites for hydroxylation is 1. The van der Waals surface area contributed by atoms with Gasteiger partial charge in [0.1, 0.15) is 0 Å². The fraction of sp³-hybridized carbons (Fsp3) is 0.643. The lowest BCUT2D eigenvalue weighted by atomic mass is 10.2. The number of rotatable bonds is 7. The minimum absolute atomic E-state index is 0.0274. The number of carbonyl (C=O) groups is 1. The van der Waals surface area contributed by atoms with Crippen molar-refractivity contribution in [1.29, 1.82) is 0 Å².